The lowest BCUT2D eigenvalue weighted by Crippen LogP contribution is -2.20. The molecule has 1 aromatic rings. The second kappa shape index (κ2) is 8.92. The van der Waals surface area contributed by atoms with Crippen LogP contribution in [0.1, 0.15) is 25.7 Å². The summed E-state index contributed by atoms with van der Waals surface area (Å²) in [7, 11) is 0. The maximum atomic E-state index is 11.6. The molecule has 2 amide bonds. The van der Waals surface area contributed by atoms with Crippen LogP contribution in [0.3, 0.4) is 0 Å². The molecule has 0 aromatic heterocycles. The van der Waals surface area contributed by atoms with Crippen molar-refractivity contribution in [1.29, 1.82) is 0 Å². The second-order valence-corrected chi connectivity index (χ2v) is 4.43. The fourth-order valence-corrected chi connectivity index (χ4v) is 1.62. The third-order valence-electron chi connectivity index (χ3n) is 2.63. The fourth-order valence-electron chi connectivity index (χ4n) is 1.62. The van der Waals surface area contributed by atoms with E-state index in [4.69, 9.17) is 16.2 Å². The van der Waals surface area contributed by atoms with Crippen LogP contribution in [0.5, 0.6) is 5.75 Å². The van der Waals surface area contributed by atoms with E-state index in [0.717, 1.165) is 19.3 Å². The van der Waals surface area contributed by atoms with Gasteiger partial charge in [-0.25, -0.2) is 0 Å². The van der Waals surface area contributed by atoms with E-state index in [9.17, 15) is 9.59 Å². The lowest BCUT2D eigenvalue weighted by Gasteiger charge is -2.07. The van der Waals surface area contributed by atoms with Gasteiger partial charge in [0.1, 0.15) is 5.75 Å². The lowest BCUT2D eigenvalue weighted by atomic mass is 10.2. The third-order valence-corrected chi connectivity index (χ3v) is 2.63. The van der Waals surface area contributed by atoms with Crippen molar-refractivity contribution in [1.82, 2.24) is 0 Å². The zero-order valence-corrected chi connectivity index (χ0v) is 11.4. The number of benzene rings is 1. The van der Waals surface area contributed by atoms with E-state index < -0.39 is 5.91 Å². The number of nitrogens with one attached hydrogen (secondary N) is 1. The Morgan fingerprint density at radius 3 is 2.40 bits per heavy atom. The standard InChI is InChI=1S/C14H21N3O3/c15-9-3-1-2-4-14(19)17-11-5-7-12(8-6-11)20-10-13(16)18/h5-8H,1-4,9-10,15H2,(H2,16,18)(H,17,19). The lowest BCUT2D eigenvalue weighted by molar-refractivity contribution is -0.120. The third kappa shape index (κ3) is 6.75. The highest BCUT2D eigenvalue weighted by Gasteiger charge is 2.03. The van der Waals surface area contributed by atoms with Crippen LogP contribution in [-0.2, 0) is 9.59 Å². The van der Waals surface area contributed by atoms with Gasteiger partial charge >= 0.3 is 0 Å². The summed E-state index contributed by atoms with van der Waals surface area (Å²) < 4.78 is 5.12. The van der Waals surface area contributed by atoms with Crippen LogP contribution in [0.4, 0.5) is 5.69 Å². The van der Waals surface area contributed by atoms with Crippen molar-refractivity contribution in [3.8, 4) is 5.75 Å². The number of nitrogens with two attached hydrogens (primary N) is 2. The average Bonchev–Trinajstić information content (AvgIpc) is 2.43. The number of primary amides is 1. The minimum atomic E-state index is -0.528. The summed E-state index contributed by atoms with van der Waals surface area (Å²) in [6.07, 6.45) is 3.23. The van der Waals surface area contributed by atoms with Gasteiger partial charge in [-0.3, -0.25) is 9.59 Å². The Hall–Kier alpha value is -2.08. The molecular formula is C14H21N3O3. The molecule has 0 aliphatic heterocycles. The predicted molar refractivity (Wildman–Crippen MR) is 77.3 cm³/mol. The second-order valence-electron chi connectivity index (χ2n) is 4.43. The highest BCUT2D eigenvalue weighted by molar-refractivity contribution is 5.90. The average molecular weight is 279 g/mol. The van der Waals surface area contributed by atoms with Gasteiger partial charge in [0, 0.05) is 12.1 Å². The molecule has 0 heterocycles. The first-order valence-electron chi connectivity index (χ1n) is 6.63. The van der Waals surface area contributed by atoms with Crippen LogP contribution >= 0.6 is 0 Å². The number of hydrogen-bond donors (Lipinski definition) is 3. The molecule has 20 heavy (non-hydrogen) atoms. The number of amides is 2. The molecule has 1 aromatic carbocycles. The van der Waals surface area contributed by atoms with Gasteiger partial charge in [-0.05, 0) is 43.7 Å². The number of anilines is 1. The Morgan fingerprint density at radius 1 is 1.10 bits per heavy atom. The number of ether oxygens (including phenoxy) is 1. The Morgan fingerprint density at radius 2 is 1.80 bits per heavy atom. The van der Waals surface area contributed by atoms with E-state index in [2.05, 4.69) is 5.32 Å². The normalized spacial score (nSPS) is 10.1. The molecule has 0 aliphatic carbocycles. The molecular weight excluding hydrogens is 258 g/mol. The van der Waals surface area contributed by atoms with Gasteiger partial charge in [-0.2, -0.15) is 0 Å². The molecule has 0 bridgehead atoms. The Labute approximate surface area is 118 Å². The Balaban J connectivity index is 2.33. The number of unbranched alkanes of at least 4 members (excludes halogenated alkanes) is 2. The molecule has 6 nitrogen and oxygen atoms in total. The minimum absolute atomic E-state index is 0.0205. The van der Waals surface area contributed by atoms with Crippen molar-refractivity contribution >= 4 is 17.5 Å². The quantitative estimate of drug-likeness (QED) is 0.586. The van der Waals surface area contributed by atoms with Gasteiger partial charge in [-0.1, -0.05) is 6.42 Å². The van der Waals surface area contributed by atoms with Crippen molar-refractivity contribution in [2.24, 2.45) is 11.5 Å². The summed E-state index contributed by atoms with van der Waals surface area (Å²) >= 11 is 0. The van der Waals surface area contributed by atoms with Gasteiger partial charge in [0.05, 0.1) is 0 Å². The first kappa shape index (κ1) is 16.0. The summed E-state index contributed by atoms with van der Waals surface area (Å²) in [6.45, 7) is 0.501. The molecule has 0 radical (unpaired) electrons. The molecule has 0 saturated carbocycles. The maximum Gasteiger partial charge on any atom is 0.255 e. The largest absolute Gasteiger partial charge is 0.484 e. The minimum Gasteiger partial charge on any atom is -0.484 e. The molecule has 0 saturated heterocycles. The molecule has 0 unspecified atom stereocenters. The molecule has 6 heteroatoms. The van der Waals surface area contributed by atoms with Gasteiger partial charge in [0.15, 0.2) is 6.61 Å². The smallest absolute Gasteiger partial charge is 0.255 e. The first-order chi connectivity index (χ1) is 9.61. The Kier molecular flexibility index (Phi) is 7.13. The monoisotopic (exact) mass is 279 g/mol. The molecule has 0 aliphatic rings. The molecule has 110 valence electrons. The molecule has 0 atom stereocenters. The van der Waals surface area contributed by atoms with Crippen LogP contribution < -0.4 is 21.5 Å². The van der Waals surface area contributed by atoms with Crippen molar-refractivity contribution < 1.29 is 14.3 Å². The summed E-state index contributed by atoms with van der Waals surface area (Å²) in [4.78, 5) is 22.2. The van der Waals surface area contributed by atoms with Gasteiger partial charge in [-0.15, -0.1) is 0 Å². The summed E-state index contributed by atoms with van der Waals surface area (Å²) in [5.41, 5.74) is 11.1. The van der Waals surface area contributed by atoms with Crippen LogP contribution in [0.15, 0.2) is 24.3 Å². The topological polar surface area (TPSA) is 107 Å². The first-order valence-corrected chi connectivity index (χ1v) is 6.63. The predicted octanol–water partition coefficient (Wildman–Crippen LogP) is 1.01. The molecule has 1 rings (SSSR count). The zero-order chi connectivity index (χ0) is 14.8. The van der Waals surface area contributed by atoms with Crippen molar-refractivity contribution in [3.05, 3.63) is 24.3 Å². The summed E-state index contributed by atoms with van der Waals surface area (Å²) in [5, 5.41) is 2.79. The Bertz CT molecular complexity index is 432. The van der Waals surface area contributed by atoms with E-state index in [1.807, 2.05) is 0 Å². The van der Waals surface area contributed by atoms with Crippen LogP contribution in [0, 0.1) is 0 Å². The van der Waals surface area contributed by atoms with E-state index in [1.54, 1.807) is 24.3 Å². The van der Waals surface area contributed by atoms with E-state index in [-0.39, 0.29) is 12.5 Å². The maximum absolute atomic E-state index is 11.6. The summed E-state index contributed by atoms with van der Waals surface area (Å²) in [6, 6.07) is 6.78. The zero-order valence-electron chi connectivity index (χ0n) is 11.4. The van der Waals surface area contributed by atoms with Crippen molar-refractivity contribution in [2.45, 2.75) is 25.7 Å². The van der Waals surface area contributed by atoms with Gasteiger partial charge in [0.2, 0.25) is 5.91 Å². The van der Waals surface area contributed by atoms with Gasteiger partial charge in [0.25, 0.3) is 5.91 Å². The number of hydrogen-bond acceptors (Lipinski definition) is 4. The van der Waals surface area contributed by atoms with Crippen LogP contribution in [0.25, 0.3) is 0 Å². The number of carbonyl (C=O) groups is 2. The van der Waals surface area contributed by atoms with E-state index in [0.29, 0.717) is 24.4 Å². The molecule has 5 N–H and O–H groups in total. The van der Waals surface area contributed by atoms with Crippen LogP contribution in [0.2, 0.25) is 0 Å². The molecule has 0 spiro atoms. The van der Waals surface area contributed by atoms with Crippen molar-refractivity contribution in [3.63, 3.8) is 0 Å². The van der Waals surface area contributed by atoms with Crippen molar-refractivity contribution in [2.75, 3.05) is 18.5 Å². The number of rotatable bonds is 9. The highest BCUT2D eigenvalue weighted by atomic mass is 16.5. The number of carbonyl (C=O) groups excluding carboxylic acids is 2. The summed E-state index contributed by atoms with van der Waals surface area (Å²) in [5.74, 6) is -0.0163. The van der Waals surface area contributed by atoms with E-state index >= 15 is 0 Å². The fraction of sp³-hybridized carbons (Fsp3) is 0.429. The highest BCUT2D eigenvalue weighted by Crippen LogP contribution is 2.16. The van der Waals surface area contributed by atoms with Gasteiger partial charge < -0.3 is 21.5 Å². The molecule has 0 fully saturated rings. The van der Waals surface area contributed by atoms with Crippen LogP contribution in [-0.4, -0.2) is 25.0 Å². The SMILES string of the molecule is NCCCCCC(=O)Nc1ccc(OCC(N)=O)cc1. The van der Waals surface area contributed by atoms with E-state index in [1.165, 1.54) is 0 Å².